The van der Waals surface area contributed by atoms with Crippen LogP contribution in [-0.2, 0) is 26.0 Å². The summed E-state index contributed by atoms with van der Waals surface area (Å²) >= 11 is 0. The fourth-order valence-corrected chi connectivity index (χ4v) is 6.22. The summed E-state index contributed by atoms with van der Waals surface area (Å²) in [6.07, 6.45) is 7.17. The molecule has 8 nitrogen and oxygen atoms in total. The summed E-state index contributed by atoms with van der Waals surface area (Å²) < 4.78 is 33.8. The van der Waals surface area contributed by atoms with E-state index in [1.165, 1.54) is 13.3 Å². The normalized spacial score (nSPS) is 15.8. The van der Waals surface area contributed by atoms with Crippen molar-refractivity contribution in [1.29, 1.82) is 0 Å². The minimum Gasteiger partial charge on any atom is -0.497 e. The summed E-state index contributed by atoms with van der Waals surface area (Å²) in [4.78, 5) is 25.2. The molecule has 202 valence electrons. The Hall–Kier alpha value is -3.07. The quantitative estimate of drug-likeness (QED) is 0.363. The SMILES string of the molecule is COc1ccc(NS(=O)(=O)C[C@H](CCc2ccccc2)NC(=O)C(CC2CCCCC2)NC(C)=O)cc1. The molecule has 3 rings (SSSR count). The molecule has 2 aromatic rings. The van der Waals surface area contributed by atoms with Crippen LogP contribution in [0.1, 0.15) is 57.4 Å². The third-order valence-electron chi connectivity index (χ3n) is 6.74. The van der Waals surface area contributed by atoms with Gasteiger partial charge in [0.15, 0.2) is 0 Å². The van der Waals surface area contributed by atoms with Crippen molar-refractivity contribution in [2.75, 3.05) is 17.6 Å². The molecule has 1 fully saturated rings. The first-order valence-corrected chi connectivity index (χ1v) is 14.7. The van der Waals surface area contributed by atoms with Crippen LogP contribution in [0.2, 0.25) is 0 Å². The van der Waals surface area contributed by atoms with Crippen molar-refractivity contribution in [3.63, 3.8) is 0 Å². The van der Waals surface area contributed by atoms with E-state index in [-0.39, 0.29) is 17.6 Å². The summed E-state index contributed by atoms with van der Waals surface area (Å²) in [5, 5.41) is 5.74. The number of hydrogen-bond acceptors (Lipinski definition) is 5. The lowest BCUT2D eigenvalue weighted by molar-refractivity contribution is -0.129. The fourth-order valence-electron chi connectivity index (χ4n) is 4.86. The Morgan fingerprint density at radius 2 is 1.65 bits per heavy atom. The van der Waals surface area contributed by atoms with Crippen molar-refractivity contribution >= 4 is 27.5 Å². The Morgan fingerprint density at radius 3 is 2.27 bits per heavy atom. The predicted molar refractivity (Wildman–Crippen MR) is 146 cm³/mol. The average molecular weight is 530 g/mol. The summed E-state index contributed by atoms with van der Waals surface area (Å²) in [5.41, 5.74) is 1.48. The highest BCUT2D eigenvalue weighted by Gasteiger charge is 2.28. The molecule has 0 spiro atoms. The molecule has 0 saturated heterocycles. The lowest BCUT2D eigenvalue weighted by atomic mass is 9.84. The number of carbonyl (C=O) groups is 2. The maximum Gasteiger partial charge on any atom is 0.242 e. The van der Waals surface area contributed by atoms with Gasteiger partial charge in [-0.2, -0.15) is 0 Å². The number of methoxy groups -OCH3 is 1. The zero-order valence-electron chi connectivity index (χ0n) is 21.7. The van der Waals surface area contributed by atoms with Gasteiger partial charge in [0.1, 0.15) is 11.8 Å². The van der Waals surface area contributed by atoms with Crippen molar-refractivity contribution in [1.82, 2.24) is 10.6 Å². The first-order chi connectivity index (χ1) is 17.7. The molecule has 9 heteroatoms. The molecule has 1 saturated carbocycles. The molecular formula is C28H39N3O5S. The van der Waals surface area contributed by atoms with Crippen LogP contribution < -0.4 is 20.1 Å². The fraction of sp³-hybridized carbons (Fsp3) is 0.500. The van der Waals surface area contributed by atoms with Gasteiger partial charge in [-0.15, -0.1) is 0 Å². The Balaban J connectivity index is 1.71. The molecule has 37 heavy (non-hydrogen) atoms. The highest BCUT2D eigenvalue weighted by atomic mass is 32.2. The van der Waals surface area contributed by atoms with E-state index >= 15 is 0 Å². The van der Waals surface area contributed by atoms with Crippen molar-refractivity contribution in [3.05, 3.63) is 60.2 Å². The number of ether oxygens (including phenoxy) is 1. The maximum absolute atomic E-state index is 13.3. The van der Waals surface area contributed by atoms with Gasteiger partial charge in [-0.05, 0) is 55.0 Å². The van der Waals surface area contributed by atoms with Gasteiger partial charge < -0.3 is 15.4 Å². The molecular weight excluding hydrogens is 490 g/mol. The molecule has 1 unspecified atom stereocenters. The number of benzene rings is 2. The van der Waals surface area contributed by atoms with Crippen LogP contribution in [0.5, 0.6) is 5.75 Å². The first-order valence-electron chi connectivity index (χ1n) is 13.0. The molecule has 0 aliphatic heterocycles. The van der Waals surface area contributed by atoms with Crippen molar-refractivity contribution < 1.29 is 22.7 Å². The highest BCUT2D eigenvalue weighted by molar-refractivity contribution is 7.92. The molecule has 1 aliphatic rings. The predicted octanol–water partition coefficient (Wildman–Crippen LogP) is 4.03. The van der Waals surface area contributed by atoms with Crippen LogP contribution in [0.25, 0.3) is 0 Å². The van der Waals surface area contributed by atoms with Crippen molar-refractivity contribution in [2.45, 2.75) is 70.4 Å². The van der Waals surface area contributed by atoms with Crippen LogP contribution in [0, 0.1) is 5.92 Å². The monoisotopic (exact) mass is 529 g/mol. The third kappa shape index (κ3) is 10.1. The maximum atomic E-state index is 13.3. The second-order valence-electron chi connectivity index (χ2n) is 9.83. The molecule has 0 bridgehead atoms. The third-order valence-corrected chi connectivity index (χ3v) is 8.13. The van der Waals surface area contributed by atoms with Crippen molar-refractivity contribution in [2.24, 2.45) is 5.92 Å². The van der Waals surface area contributed by atoms with Crippen LogP contribution in [0.3, 0.4) is 0 Å². The lowest BCUT2D eigenvalue weighted by Crippen LogP contribution is -2.51. The number of aryl methyl sites for hydroxylation is 1. The number of amides is 2. The van der Waals surface area contributed by atoms with Gasteiger partial charge in [0.25, 0.3) is 0 Å². The van der Waals surface area contributed by atoms with E-state index in [1.807, 2.05) is 30.3 Å². The highest BCUT2D eigenvalue weighted by Crippen LogP contribution is 2.27. The van der Waals surface area contributed by atoms with Gasteiger partial charge in [-0.1, -0.05) is 62.4 Å². The first kappa shape index (κ1) is 28.5. The van der Waals surface area contributed by atoms with Crippen LogP contribution >= 0.6 is 0 Å². The van der Waals surface area contributed by atoms with E-state index in [0.29, 0.717) is 36.6 Å². The van der Waals surface area contributed by atoms with Gasteiger partial charge >= 0.3 is 0 Å². The molecule has 0 heterocycles. The van der Waals surface area contributed by atoms with E-state index in [9.17, 15) is 18.0 Å². The van der Waals surface area contributed by atoms with E-state index in [1.54, 1.807) is 31.4 Å². The second kappa shape index (κ2) is 14.0. The summed E-state index contributed by atoms with van der Waals surface area (Å²) in [6.45, 7) is 1.40. The number of nitrogens with one attached hydrogen (secondary N) is 3. The van der Waals surface area contributed by atoms with E-state index in [2.05, 4.69) is 15.4 Å². The van der Waals surface area contributed by atoms with Gasteiger partial charge in [0, 0.05) is 18.7 Å². The van der Waals surface area contributed by atoms with E-state index < -0.39 is 22.1 Å². The summed E-state index contributed by atoms with van der Waals surface area (Å²) in [6, 6.07) is 15.0. The van der Waals surface area contributed by atoms with Crippen LogP contribution in [0.15, 0.2) is 54.6 Å². The zero-order chi connectivity index (χ0) is 26.7. The average Bonchev–Trinajstić information content (AvgIpc) is 2.88. The molecule has 0 radical (unpaired) electrons. The largest absolute Gasteiger partial charge is 0.497 e. The smallest absolute Gasteiger partial charge is 0.242 e. The topological polar surface area (TPSA) is 114 Å². The van der Waals surface area contributed by atoms with Gasteiger partial charge in [-0.25, -0.2) is 8.42 Å². The summed E-state index contributed by atoms with van der Waals surface area (Å²) in [5.74, 6) is 0.106. The van der Waals surface area contributed by atoms with Gasteiger partial charge in [-0.3, -0.25) is 14.3 Å². The number of anilines is 1. The number of sulfonamides is 1. The Labute approximate surface area is 220 Å². The number of carbonyl (C=O) groups excluding carboxylic acids is 2. The minimum absolute atomic E-state index is 0.273. The van der Waals surface area contributed by atoms with Gasteiger partial charge in [0.05, 0.1) is 12.9 Å². The molecule has 1 aliphatic carbocycles. The molecule has 2 aromatic carbocycles. The van der Waals surface area contributed by atoms with Crippen LogP contribution in [0.4, 0.5) is 5.69 Å². The molecule has 2 amide bonds. The lowest BCUT2D eigenvalue weighted by Gasteiger charge is -2.28. The summed E-state index contributed by atoms with van der Waals surface area (Å²) in [7, 11) is -2.23. The molecule has 3 N–H and O–H groups in total. The standard InChI is InChI=1S/C28H39N3O5S/c1-21(32)29-27(19-23-11-7-4-8-12-23)28(33)30-25(14-13-22-9-5-3-6-10-22)20-37(34,35)31-24-15-17-26(36-2)18-16-24/h3,5-6,9-10,15-18,23,25,27,31H,4,7-8,11-14,19-20H2,1-2H3,(H,29,32)(H,30,33)/t25-,27?/m0/s1. The second-order valence-corrected chi connectivity index (χ2v) is 11.6. The van der Waals surface area contributed by atoms with E-state index in [4.69, 9.17) is 4.74 Å². The van der Waals surface area contributed by atoms with Crippen molar-refractivity contribution in [3.8, 4) is 5.75 Å². The Kier molecular flexibility index (Phi) is 10.8. The molecule has 0 aromatic heterocycles. The van der Waals surface area contributed by atoms with E-state index in [0.717, 1.165) is 31.2 Å². The Morgan fingerprint density at radius 1 is 0.973 bits per heavy atom. The zero-order valence-corrected chi connectivity index (χ0v) is 22.6. The minimum atomic E-state index is -3.77. The number of hydrogen-bond donors (Lipinski definition) is 3. The Bertz CT molecular complexity index is 1100. The number of rotatable bonds is 13. The van der Waals surface area contributed by atoms with Crippen LogP contribution in [-0.4, -0.2) is 45.2 Å². The molecule has 2 atom stereocenters. The van der Waals surface area contributed by atoms with Gasteiger partial charge in [0.2, 0.25) is 21.8 Å².